The Balaban J connectivity index is 2.83. The van der Waals surface area contributed by atoms with Gasteiger partial charge in [0.15, 0.2) is 0 Å². The van der Waals surface area contributed by atoms with Crippen LogP contribution >= 0.6 is 0 Å². The molecule has 0 aromatic heterocycles. The molecule has 0 bridgehead atoms. The number of rotatable bonds is 13. The average Bonchev–Trinajstić information content (AvgIpc) is 2.31. The molecule has 0 heterocycles. The number of hydrogen-bond donors (Lipinski definition) is 0. The zero-order valence-electron chi connectivity index (χ0n) is 10.5. The van der Waals surface area contributed by atoms with Crippen molar-refractivity contribution >= 4 is 9.76 Å². The molecule has 0 saturated carbocycles. The Morgan fingerprint density at radius 3 is 1.69 bits per heavy atom. The van der Waals surface area contributed by atoms with E-state index in [1.165, 1.54) is 0 Å². The predicted molar refractivity (Wildman–Crippen MR) is 64.9 cm³/mol. The van der Waals surface area contributed by atoms with E-state index in [9.17, 15) is 0 Å². The molecular weight excluding hydrogens is 224 g/mol. The number of ether oxygens (including phenoxy) is 3. The SMILES string of the molecule is CCCOCCOCCOCCO[Si]CC. The molecule has 0 aliphatic heterocycles. The fourth-order valence-electron chi connectivity index (χ4n) is 0.961. The third kappa shape index (κ3) is 14.1. The third-order valence-corrected chi connectivity index (χ3v) is 2.37. The molecule has 0 aromatic rings. The second-order valence-electron chi connectivity index (χ2n) is 3.18. The number of hydrogen-bond acceptors (Lipinski definition) is 4. The van der Waals surface area contributed by atoms with E-state index in [0.717, 1.165) is 19.1 Å². The van der Waals surface area contributed by atoms with Crippen LogP contribution in [0, 0.1) is 0 Å². The normalized spacial score (nSPS) is 10.9. The molecule has 5 heteroatoms. The van der Waals surface area contributed by atoms with Gasteiger partial charge in [-0.15, -0.1) is 0 Å². The molecule has 16 heavy (non-hydrogen) atoms. The van der Waals surface area contributed by atoms with Crippen LogP contribution in [0.2, 0.25) is 6.04 Å². The van der Waals surface area contributed by atoms with Crippen LogP contribution in [0.1, 0.15) is 20.3 Å². The van der Waals surface area contributed by atoms with Crippen LogP contribution in [0.3, 0.4) is 0 Å². The summed E-state index contributed by atoms with van der Waals surface area (Å²) in [5.74, 6) is 0. The quantitative estimate of drug-likeness (QED) is 0.366. The second kappa shape index (κ2) is 15.1. The van der Waals surface area contributed by atoms with E-state index in [-0.39, 0.29) is 0 Å². The maximum atomic E-state index is 5.32. The molecule has 0 amide bonds. The molecule has 0 aromatic carbocycles. The molecule has 0 aliphatic carbocycles. The van der Waals surface area contributed by atoms with Gasteiger partial charge >= 0.3 is 0 Å². The first-order chi connectivity index (χ1) is 7.91. The van der Waals surface area contributed by atoms with Gasteiger partial charge in [-0.25, -0.2) is 0 Å². The molecule has 0 N–H and O–H groups in total. The Kier molecular flexibility index (Phi) is 15.1. The van der Waals surface area contributed by atoms with Crippen molar-refractivity contribution in [1.82, 2.24) is 0 Å². The van der Waals surface area contributed by atoms with Crippen LogP contribution in [0.4, 0.5) is 0 Å². The van der Waals surface area contributed by atoms with Crippen molar-refractivity contribution in [3.05, 3.63) is 0 Å². The molecule has 0 fully saturated rings. The Labute approximate surface area is 102 Å². The minimum Gasteiger partial charge on any atom is -0.415 e. The van der Waals surface area contributed by atoms with E-state index < -0.39 is 0 Å². The Morgan fingerprint density at radius 1 is 0.688 bits per heavy atom. The van der Waals surface area contributed by atoms with Crippen molar-refractivity contribution in [2.24, 2.45) is 0 Å². The van der Waals surface area contributed by atoms with Crippen molar-refractivity contribution in [1.29, 1.82) is 0 Å². The fourth-order valence-corrected chi connectivity index (χ4v) is 1.39. The van der Waals surface area contributed by atoms with E-state index in [2.05, 4.69) is 13.8 Å². The summed E-state index contributed by atoms with van der Waals surface area (Å²) in [4.78, 5) is 0. The van der Waals surface area contributed by atoms with Crippen LogP contribution in [0.5, 0.6) is 0 Å². The summed E-state index contributed by atoms with van der Waals surface area (Å²) >= 11 is 0. The summed E-state index contributed by atoms with van der Waals surface area (Å²) < 4.78 is 21.2. The molecule has 4 nitrogen and oxygen atoms in total. The van der Waals surface area contributed by atoms with Crippen molar-refractivity contribution < 1.29 is 18.6 Å². The molecule has 96 valence electrons. The van der Waals surface area contributed by atoms with Crippen molar-refractivity contribution in [2.75, 3.05) is 46.2 Å². The zero-order valence-corrected chi connectivity index (χ0v) is 11.5. The smallest absolute Gasteiger partial charge is 0.229 e. The van der Waals surface area contributed by atoms with Gasteiger partial charge in [-0.1, -0.05) is 13.8 Å². The monoisotopic (exact) mass is 248 g/mol. The zero-order chi connectivity index (χ0) is 11.9. The third-order valence-electron chi connectivity index (χ3n) is 1.67. The van der Waals surface area contributed by atoms with E-state index in [4.69, 9.17) is 18.6 Å². The van der Waals surface area contributed by atoms with E-state index in [0.29, 0.717) is 49.4 Å². The van der Waals surface area contributed by atoms with Crippen LogP contribution < -0.4 is 0 Å². The minimum atomic E-state index is 0.599. The van der Waals surface area contributed by atoms with Crippen molar-refractivity contribution in [2.45, 2.75) is 26.3 Å². The summed E-state index contributed by atoms with van der Waals surface area (Å²) in [6.07, 6.45) is 1.06. The van der Waals surface area contributed by atoms with Gasteiger partial charge in [0.2, 0.25) is 9.76 Å². The van der Waals surface area contributed by atoms with Crippen LogP contribution in [-0.2, 0) is 18.6 Å². The Morgan fingerprint density at radius 2 is 1.19 bits per heavy atom. The van der Waals surface area contributed by atoms with Crippen molar-refractivity contribution in [3.63, 3.8) is 0 Å². The highest BCUT2D eigenvalue weighted by Crippen LogP contribution is 1.84. The van der Waals surface area contributed by atoms with E-state index >= 15 is 0 Å². The maximum Gasteiger partial charge on any atom is 0.229 e. The van der Waals surface area contributed by atoms with Gasteiger partial charge in [-0.05, 0) is 12.5 Å². The highest BCUT2D eigenvalue weighted by atomic mass is 28.2. The highest BCUT2D eigenvalue weighted by Gasteiger charge is 1.91. The molecule has 0 unspecified atom stereocenters. The molecule has 0 rings (SSSR count). The summed E-state index contributed by atoms with van der Waals surface area (Å²) in [6, 6.07) is 1.08. The molecule has 0 aliphatic rings. The summed E-state index contributed by atoms with van der Waals surface area (Å²) in [7, 11) is 0.599. The first kappa shape index (κ1) is 16.1. The second-order valence-corrected chi connectivity index (χ2v) is 4.47. The Hall–Kier alpha value is 0.0569. The van der Waals surface area contributed by atoms with Crippen LogP contribution in [0.25, 0.3) is 0 Å². The lowest BCUT2D eigenvalue weighted by atomic mass is 10.5. The van der Waals surface area contributed by atoms with Gasteiger partial charge < -0.3 is 18.6 Å². The molecule has 0 spiro atoms. The topological polar surface area (TPSA) is 36.9 Å². The van der Waals surface area contributed by atoms with Crippen LogP contribution in [-0.4, -0.2) is 56.0 Å². The molecule has 0 atom stereocenters. The standard InChI is InChI=1S/C11H24O4Si/c1-3-5-12-6-7-13-8-9-14-10-11-15-16-4-2/h3-11H2,1-2H3. The highest BCUT2D eigenvalue weighted by molar-refractivity contribution is 6.26. The van der Waals surface area contributed by atoms with Gasteiger partial charge in [0, 0.05) is 6.61 Å². The first-order valence-electron chi connectivity index (χ1n) is 5.99. The lowest BCUT2D eigenvalue weighted by Crippen LogP contribution is -2.12. The predicted octanol–water partition coefficient (Wildman–Crippen LogP) is 1.52. The van der Waals surface area contributed by atoms with E-state index in [1.54, 1.807) is 0 Å². The average molecular weight is 248 g/mol. The summed E-state index contributed by atoms with van der Waals surface area (Å²) in [5, 5.41) is 0. The molecular formula is C11H24O4Si. The van der Waals surface area contributed by atoms with Gasteiger partial charge in [0.25, 0.3) is 0 Å². The van der Waals surface area contributed by atoms with E-state index in [1.807, 2.05) is 0 Å². The van der Waals surface area contributed by atoms with Crippen molar-refractivity contribution in [3.8, 4) is 0 Å². The first-order valence-corrected chi connectivity index (χ1v) is 7.11. The minimum absolute atomic E-state index is 0.599. The van der Waals surface area contributed by atoms with Gasteiger partial charge in [0.1, 0.15) is 0 Å². The van der Waals surface area contributed by atoms with Crippen LogP contribution in [0.15, 0.2) is 0 Å². The Bertz CT molecular complexity index is 111. The van der Waals surface area contributed by atoms with Gasteiger partial charge in [-0.3, -0.25) is 0 Å². The fraction of sp³-hybridized carbons (Fsp3) is 1.00. The molecule has 0 saturated heterocycles. The van der Waals surface area contributed by atoms with Gasteiger partial charge in [-0.2, -0.15) is 0 Å². The largest absolute Gasteiger partial charge is 0.415 e. The summed E-state index contributed by atoms with van der Waals surface area (Å²) in [6.45, 7) is 8.94. The van der Waals surface area contributed by atoms with Gasteiger partial charge in [0.05, 0.1) is 39.6 Å². The lowest BCUT2D eigenvalue weighted by Gasteiger charge is -2.06. The maximum absolute atomic E-state index is 5.32. The lowest BCUT2D eigenvalue weighted by molar-refractivity contribution is 0.00960. The molecule has 2 radical (unpaired) electrons. The summed E-state index contributed by atoms with van der Waals surface area (Å²) in [5.41, 5.74) is 0.